The summed E-state index contributed by atoms with van der Waals surface area (Å²) in [5.74, 6) is 1.17. The molecule has 2 aromatic carbocycles. The molecule has 6 nitrogen and oxygen atoms in total. The van der Waals surface area contributed by atoms with Crippen LogP contribution in [0.1, 0.15) is 5.56 Å². The third kappa shape index (κ3) is 4.55. The Morgan fingerprint density at radius 2 is 1.71 bits per heavy atom. The second kappa shape index (κ2) is 8.67. The number of aromatic nitrogens is 2. The number of anilines is 4. The normalized spacial score (nSPS) is 14.0. The van der Waals surface area contributed by atoms with Gasteiger partial charge in [-0.15, -0.1) is 0 Å². The highest BCUT2D eigenvalue weighted by Gasteiger charge is 2.14. The molecule has 0 atom stereocenters. The lowest BCUT2D eigenvalue weighted by Gasteiger charge is -2.30. The zero-order chi connectivity index (χ0) is 19.2. The highest BCUT2D eigenvalue weighted by atomic mass is 19.1. The van der Waals surface area contributed by atoms with E-state index in [-0.39, 0.29) is 5.82 Å². The first-order chi connectivity index (χ1) is 13.8. The molecule has 2 heterocycles. The molecule has 0 radical (unpaired) electrons. The molecular weight excluding hydrogens is 357 g/mol. The van der Waals surface area contributed by atoms with E-state index in [1.54, 1.807) is 12.1 Å². The minimum Gasteiger partial charge on any atom is -0.378 e. The van der Waals surface area contributed by atoms with Crippen LogP contribution in [0.4, 0.5) is 27.4 Å². The Bertz CT molecular complexity index is 913. The number of morpholine rings is 1. The second-order valence-corrected chi connectivity index (χ2v) is 6.51. The number of benzene rings is 2. The number of nitrogens with zero attached hydrogens (tertiary/aromatic N) is 3. The summed E-state index contributed by atoms with van der Waals surface area (Å²) < 4.78 is 18.5. The summed E-state index contributed by atoms with van der Waals surface area (Å²) in [7, 11) is 0. The fourth-order valence-corrected chi connectivity index (χ4v) is 3.11. The van der Waals surface area contributed by atoms with E-state index in [2.05, 4.69) is 31.6 Å². The van der Waals surface area contributed by atoms with E-state index in [1.165, 1.54) is 18.5 Å². The smallest absolute Gasteiger partial charge is 0.135 e. The standard InChI is InChI=1S/C21H22FN5O/c22-17-7-5-16(6-8-17)14-23-20-13-21(25-15-24-20)26-18-3-1-2-4-19(18)27-9-11-28-12-10-27/h1-8,13,15H,9-12,14H2,(H2,23,24,25,26). The Kier molecular flexibility index (Phi) is 5.63. The zero-order valence-corrected chi connectivity index (χ0v) is 15.4. The largest absolute Gasteiger partial charge is 0.378 e. The maximum absolute atomic E-state index is 13.0. The SMILES string of the molecule is Fc1ccc(CNc2cc(Nc3ccccc3N3CCOCC3)ncn2)cc1. The zero-order valence-electron chi connectivity index (χ0n) is 15.4. The molecule has 4 rings (SSSR count). The van der Waals surface area contributed by atoms with Crippen molar-refractivity contribution < 1.29 is 9.13 Å². The van der Waals surface area contributed by atoms with Crippen molar-refractivity contribution in [2.45, 2.75) is 6.54 Å². The van der Waals surface area contributed by atoms with Crippen LogP contribution in [-0.4, -0.2) is 36.3 Å². The second-order valence-electron chi connectivity index (χ2n) is 6.51. The van der Waals surface area contributed by atoms with Crippen LogP contribution in [0.3, 0.4) is 0 Å². The quantitative estimate of drug-likeness (QED) is 0.679. The predicted molar refractivity (Wildman–Crippen MR) is 109 cm³/mol. The number of hydrogen-bond donors (Lipinski definition) is 2. The van der Waals surface area contributed by atoms with Crippen LogP contribution in [0.2, 0.25) is 0 Å². The van der Waals surface area contributed by atoms with Crippen LogP contribution in [0.5, 0.6) is 0 Å². The summed E-state index contributed by atoms with van der Waals surface area (Å²) in [5.41, 5.74) is 3.10. The average Bonchev–Trinajstić information content (AvgIpc) is 2.75. The number of halogens is 1. The van der Waals surface area contributed by atoms with E-state index in [0.717, 1.165) is 43.2 Å². The lowest BCUT2D eigenvalue weighted by atomic mass is 10.2. The minimum atomic E-state index is -0.240. The van der Waals surface area contributed by atoms with Crippen LogP contribution >= 0.6 is 0 Å². The lowest BCUT2D eigenvalue weighted by molar-refractivity contribution is 0.123. The van der Waals surface area contributed by atoms with Gasteiger partial charge in [-0.3, -0.25) is 0 Å². The van der Waals surface area contributed by atoms with Crippen LogP contribution in [0.15, 0.2) is 60.9 Å². The van der Waals surface area contributed by atoms with Gasteiger partial charge in [-0.05, 0) is 29.8 Å². The molecule has 0 bridgehead atoms. The summed E-state index contributed by atoms with van der Waals surface area (Å²) in [6.07, 6.45) is 1.52. The van der Waals surface area contributed by atoms with Crippen LogP contribution < -0.4 is 15.5 Å². The van der Waals surface area contributed by atoms with Crippen molar-refractivity contribution in [3.63, 3.8) is 0 Å². The molecule has 0 saturated carbocycles. The first kappa shape index (κ1) is 18.2. The fraction of sp³-hybridized carbons (Fsp3) is 0.238. The van der Waals surface area contributed by atoms with Gasteiger partial charge in [0.1, 0.15) is 23.8 Å². The molecule has 1 saturated heterocycles. The van der Waals surface area contributed by atoms with E-state index in [9.17, 15) is 4.39 Å². The molecule has 0 amide bonds. The van der Waals surface area contributed by atoms with Gasteiger partial charge >= 0.3 is 0 Å². The number of rotatable bonds is 6. The van der Waals surface area contributed by atoms with E-state index in [1.807, 2.05) is 24.3 Å². The summed E-state index contributed by atoms with van der Waals surface area (Å²) in [6, 6.07) is 16.4. The van der Waals surface area contributed by atoms with Gasteiger partial charge in [0.05, 0.1) is 24.6 Å². The third-order valence-corrected chi connectivity index (χ3v) is 4.57. The van der Waals surface area contributed by atoms with Crippen molar-refractivity contribution in [2.75, 3.05) is 41.8 Å². The van der Waals surface area contributed by atoms with Gasteiger partial charge in [-0.1, -0.05) is 24.3 Å². The predicted octanol–water partition coefficient (Wildman–Crippen LogP) is 3.81. The van der Waals surface area contributed by atoms with Gasteiger partial charge in [0.2, 0.25) is 0 Å². The van der Waals surface area contributed by atoms with Crippen molar-refractivity contribution in [1.29, 1.82) is 0 Å². The van der Waals surface area contributed by atoms with Gasteiger partial charge in [0.25, 0.3) is 0 Å². The molecule has 1 aliphatic rings. The summed E-state index contributed by atoms with van der Waals surface area (Å²) in [4.78, 5) is 10.9. The third-order valence-electron chi connectivity index (χ3n) is 4.57. The van der Waals surface area contributed by atoms with Gasteiger partial charge in [0, 0.05) is 25.7 Å². The van der Waals surface area contributed by atoms with Crippen molar-refractivity contribution in [2.24, 2.45) is 0 Å². The monoisotopic (exact) mass is 379 g/mol. The lowest BCUT2D eigenvalue weighted by Crippen LogP contribution is -2.36. The molecule has 0 unspecified atom stereocenters. The Labute approximate surface area is 163 Å². The van der Waals surface area contributed by atoms with Crippen molar-refractivity contribution in [3.8, 4) is 0 Å². The minimum absolute atomic E-state index is 0.240. The van der Waals surface area contributed by atoms with Crippen molar-refractivity contribution >= 4 is 23.0 Å². The topological polar surface area (TPSA) is 62.3 Å². The average molecular weight is 379 g/mol. The summed E-state index contributed by atoms with van der Waals surface area (Å²) >= 11 is 0. The highest BCUT2D eigenvalue weighted by Crippen LogP contribution is 2.29. The van der Waals surface area contributed by atoms with E-state index in [0.29, 0.717) is 18.2 Å². The maximum Gasteiger partial charge on any atom is 0.135 e. The van der Waals surface area contributed by atoms with Crippen LogP contribution in [0, 0.1) is 5.82 Å². The first-order valence-corrected chi connectivity index (χ1v) is 9.27. The molecule has 1 aliphatic heterocycles. The van der Waals surface area contributed by atoms with Crippen LogP contribution in [0.25, 0.3) is 0 Å². The van der Waals surface area contributed by atoms with E-state index < -0.39 is 0 Å². The van der Waals surface area contributed by atoms with Crippen molar-refractivity contribution in [3.05, 3.63) is 72.3 Å². The molecule has 1 fully saturated rings. The Balaban J connectivity index is 1.45. The molecule has 7 heteroatoms. The Morgan fingerprint density at radius 1 is 0.964 bits per heavy atom. The molecule has 3 aromatic rings. The number of para-hydroxylation sites is 2. The molecule has 0 aliphatic carbocycles. The van der Waals surface area contributed by atoms with E-state index in [4.69, 9.17) is 4.74 Å². The molecular formula is C21H22FN5O. The Hall–Kier alpha value is -3.19. The van der Waals surface area contributed by atoms with E-state index >= 15 is 0 Å². The maximum atomic E-state index is 13.0. The molecule has 28 heavy (non-hydrogen) atoms. The van der Waals surface area contributed by atoms with Crippen molar-refractivity contribution in [1.82, 2.24) is 9.97 Å². The molecule has 1 aromatic heterocycles. The first-order valence-electron chi connectivity index (χ1n) is 9.27. The summed E-state index contributed by atoms with van der Waals surface area (Å²) in [6.45, 7) is 3.76. The fourth-order valence-electron chi connectivity index (χ4n) is 3.11. The van der Waals surface area contributed by atoms with Crippen LogP contribution in [-0.2, 0) is 11.3 Å². The van der Waals surface area contributed by atoms with Gasteiger partial charge in [0.15, 0.2) is 0 Å². The molecule has 144 valence electrons. The number of nitrogens with one attached hydrogen (secondary N) is 2. The highest BCUT2D eigenvalue weighted by molar-refractivity contribution is 5.74. The van der Waals surface area contributed by atoms with Gasteiger partial charge in [-0.25, -0.2) is 14.4 Å². The Morgan fingerprint density at radius 3 is 2.54 bits per heavy atom. The van der Waals surface area contributed by atoms with Gasteiger partial charge in [-0.2, -0.15) is 0 Å². The molecule has 0 spiro atoms. The number of ether oxygens (including phenoxy) is 1. The van der Waals surface area contributed by atoms with Gasteiger partial charge < -0.3 is 20.3 Å². The molecule has 2 N–H and O–H groups in total. The summed E-state index contributed by atoms with van der Waals surface area (Å²) in [5, 5.41) is 6.64. The number of hydrogen-bond acceptors (Lipinski definition) is 6.